The number of piperazine rings is 1. The summed E-state index contributed by atoms with van der Waals surface area (Å²) in [5, 5.41) is 20.8. The van der Waals surface area contributed by atoms with Crippen LogP contribution >= 0.6 is 0 Å². The molecule has 248 valence electrons. The van der Waals surface area contributed by atoms with Gasteiger partial charge in [-0.05, 0) is 55.7 Å². The molecular formula is C34H40N6O7. The van der Waals surface area contributed by atoms with Gasteiger partial charge in [0.25, 0.3) is 0 Å². The molecule has 13 heteroatoms. The summed E-state index contributed by atoms with van der Waals surface area (Å²) >= 11 is 0. The number of nitrogens with one attached hydrogen (secondary N) is 1. The largest absolute Gasteiger partial charge is 0.477 e. The van der Waals surface area contributed by atoms with Gasteiger partial charge in [0.15, 0.2) is 0 Å². The van der Waals surface area contributed by atoms with Gasteiger partial charge in [-0.2, -0.15) is 0 Å². The van der Waals surface area contributed by atoms with E-state index in [-0.39, 0.29) is 29.9 Å². The Morgan fingerprint density at radius 2 is 1.66 bits per heavy atom. The van der Waals surface area contributed by atoms with Crippen molar-refractivity contribution < 1.29 is 28.6 Å². The molecule has 1 saturated heterocycles. The van der Waals surface area contributed by atoms with E-state index in [1.807, 2.05) is 26.0 Å². The number of carboxylic acids is 1. The highest BCUT2D eigenvalue weighted by Crippen LogP contribution is 2.26. The lowest BCUT2D eigenvalue weighted by Gasteiger charge is -2.35. The van der Waals surface area contributed by atoms with Gasteiger partial charge in [0.2, 0.25) is 23.1 Å². The van der Waals surface area contributed by atoms with Crippen LogP contribution in [0, 0.1) is 5.92 Å². The van der Waals surface area contributed by atoms with Crippen molar-refractivity contribution in [2.24, 2.45) is 5.92 Å². The predicted molar refractivity (Wildman–Crippen MR) is 176 cm³/mol. The molecule has 0 bridgehead atoms. The number of hydrogen-bond acceptors (Lipinski definition) is 9. The number of amides is 2. The standard InChI is InChI=1S/C34H40N6O7/c1-6-38-18-27(33(43)44)29(41)26-12-11-25(17-28(26)38)39-13-15-40(16-14-39)34(45)46-19-23-7-9-24(10-8-23)35-30(42)22(5)32-37-36-31(47-32)21(4)20(2)3/h7-12,17-18,20-22H,6,13-16,19H2,1-5H3,(H,35,42)(H,43,44). The van der Waals surface area contributed by atoms with Crippen LogP contribution in [0.25, 0.3) is 10.9 Å². The van der Waals surface area contributed by atoms with Gasteiger partial charge in [-0.15, -0.1) is 10.2 Å². The molecule has 3 heterocycles. The summed E-state index contributed by atoms with van der Waals surface area (Å²) in [6, 6.07) is 12.4. The molecule has 47 heavy (non-hydrogen) atoms. The van der Waals surface area contributed by atoms with Crippen LogP contribution in [0.5, 0.6) is 0 Å². The highest BCUT2D eigenvalue weighted by atomic mass is 16.6. The van der Waals surface area contributed by atoms with Gasteiger partial charge in [-0.25, -0.2) is 9.59 Å². The number of ether oxygens (including phenoxy) is 1. The second-order valence-corrected chi connectivity index (χ2v) is 12.1. The number of rotatable bonds is 10. The van der Waals surface area contributed by atoms with E-state index < -0.39 is 23.4 Å². The zero-order chi connectivity index (χ0) is 33.8. The number of nitrogens with zero attached hydrogens (tertiary/aromatic N) is 5. The monoisotopic (exact) mass is 644 g/mol. The SMILES string of the molecule is CCn1cc(C(=O)O)c(=O)c2ccc(N3CCN(C(=O)OCc4ccc(NC(=O)C(C)c5nnc(C(C)C(C)C)o5)cc4)CC3)cc21. The van der Waals surface area contributed by atoms with Crippen LogP contribution in [-0.4, -0.2) is 68.9 Å². The number of pyridine rings is 1. The van der Waals surface area contributed by atoms with Crippen molar-refractivity contribution in [3.63, 3.8) is 0 Å². The summed E-state index contributed by atoms with van der Waals surface area (Å²) in [6.45, 7) is 12.4. The van der Waals surface area contributed by atoms with Crippen molar-refractivity contribution in [1.82, 2.24) is 19.7 Å². The number of carbonyl (C=O) groups is 3. The van der Waals surface area contributed by atoms with Crippen LogP contribution in [0.3, 0.4) is 0 Å². The van der Waals surface area contributed by atoms with Crippen molar-refractivity contribution in [3.8, 4) is 0 Å². The molecular weight excluding hydrogens is 604 g/mol. The van der Waals surface area contributed by atoms with Gasteiger partial charge >= 0.3 is 12.1 Å². The van der Waals surface area contributed by atoms with Gasteiger partial charge in [-0.1, -0.05) is 32.9 Å². The maximum atomic E-state index is 12.8. The maximum absolute atomic E-state index is 12.8. The lowest BCUT2D eigenvalue weighted by atomic mass is 9.98. The van der Waals surface area contributed by atoms with Crippen molar-refractivity contribution in [1.29, 1.82) is 0 Å². The van der Waals surface area contributed by atoms with E-state index in [2.05, 4.69) is 34.3 Å². The average molecular weight is 645 g/mol. The first kappa shape index (κ1) is 33.2. The third-order valence-electron chi connectivity index (χ3n) is 8.73. The number of carboxylic acid groups (broad SMARTS) is 1. The van der Waals surface area contributed by atoms with E-state index in [4.69, 9.17) is 9.15 Å². The third-order valence-corrected chi connectivity index (χ3v) is 8.73. The molecule has 0 radical (unpaired) electrons. The summed E-state index contributed by atoms with van der Waals surface area (Å²) in [5.41, 5.74) is 2.17. The summed E-state index contributed by atoms with van der Waals surface area (Å²) in [7, 11) is 0. The van der Waals surface area contributed by atoms with Crippen molar-refractivity contribution >= 4 is 40.2 Å². The zero-order valence-electron chi connectivity index (χ0n) is 27.2. The van der Waals surface area contributed by atoms with Gasteiger partial charge in [0, 0.05) is 61.6 Å². The number of carbonyl (C=O) groups excluding carboxylic acids is 2. The van der Waals surface area contributed by atoms with E-state index in [9.17, 15) is 24.3 Å². The van der Waals surface area contributed by atoms with Crippen LogP contribution < -0.4 is 15.6 Å². The zero-order valence-corrected chi connectivity index (χ0v) is 27.2. The highest BCUT2D eigenvalue weighted by molar-refractivity contribution is 5.95. The fraction of sp³-hybridized carbons (Fsp3) is 0.412. The quantitative estimate of drug-likeness (QED) is 0.239. The Morgan fingerprint density at radius 3 is 2.30 bits per heavy atom. The van der Waals surface area contributed by atoms with E-state index in [0.717, 1.165) is 11.3 Å². The minimum absolute atomic E-state index is 0.0834. The van der Waals surface area contributed by atoms with Gasteiger partial charge in [0.05, 0.1) is 5.52 Å². The van der Waals surface area contributed by atoms with E-state index >= 15 is 0 Å². The number of aryl methyl sites for hydroxylation is 1. The Bertz CT molecular complexity index is 1820. The fourth-order valence-electron chi connectivity index (χ4n) is 5.31. The smallest absolute Gasteiger partial charge is 0.410 e. The number of benzene rings is 2. The first-order valence-corrected chi connectivity index (χ1v) is 15.8. The molecule has 0 aliphatic carbocycles. The van der Waals surface area contributed by atoms with Crippen LogP contribution in [-0.2, 0) is 22.7 Å². The number of hydrogen-bond donors (Lipinski definition) is 2. The molecule has 13 nitrogen and oxygen atoms in total. The summed E-state index contributed by atoms with van der Waals surface area (Å²) < 4.78 is 13.1. The molecule has 4 aromatic rings. The molecule has 2 amide bonds. The Labute approximate surface area is 272 Å². The van der Waals surface area contributed by atoms with Crippen molar-refractivity contribution in [2.45, 2.75) is 59.6 Å². The van der Waals surface area contributed by atoms with E-state index in [1.165, 1.54) is 6.20 Å². The molecule has 1 aliphatic rings. The Kier molecular flexibility index (Phi) is 9.92. The number of aromatic carboxylic acids is 1. The molecule has 1 fully saturated rings. The van der Waals surface area contributed by atoms with Crippen LogP contribution in [0.1, 0.15) is 74.2 Å². The molecule has 0 spiro atoms. The summed E-state index contributed by atoms with van der Waals surface area (Å²) in [5.74, 6) is -0.927. The van der Waals surface area contributed by atoms with Gasteiger partial charge < -0.3 is 33.9 Å². The Morgan fingerprint density at radius 1 is 0.979 bits per heavy atom. The number of anilines is 2. The lowest BCUT2D eigenvalue weighted by Crippen LogP contribution is -2.49. The first-order valence-electron chi connectivity index (χ1n) is 15.8. The van der Waals surface area contributed by atoms with E-state index in [0.29, 0.717) is 61.1 Å². The average Bonchev–Trinajstić information content (AvgIpc) is 3.57. The molecule has 2 aromatic heterocycles. The molecule has 2 atom stereocenters. The topological polar surface area (TPSA) is 160 Å². The van der Waals surface area contributed by atoms with Crippen molar-refractivity contribution in [3.05, 3.63) is 81.8 Å². The first-order chi connectivity index (χ1) is 22.5. The third kappa shape index (κ3) is 7.29. The second-order valence-electron chi connectivity index (χ2n) is 12.1. The molecule has 2 unspecified atom stereocenters. The predicted octanol–water partition coefficient (Wildman–Crippen LogP) is 5.06. The van der Waals surface area contributed by atoms with Crippen LogP contribution in [0.2, 0.25) is 0 Å². The minimum atomic E-state index is -1.25. The fourth-order valence-corrected chi connectivity index (χ4v) is 5.31. The van der Waals surface area contributed by atoms with Gasteiger partial charge in [0.1, 0.15) is 18.1 Å². The molecule has 2 N–H and O–H groups in total. The van der Waals surface area contributed by atoms with E-state index in [1.54, 1.807) is 46.7 Å². The minimum Gasteiger partial charge on any atom is -0.477 e. The molecule has 0 saturated carbocycles. The summed E-state index contributed by atoms with van der Waals surface area (Å²) in [4.78, 5) is 53.6. The second kappa shape index (κ2) is 14.1. The lowest BCUT2D eigenvalue weighted by molar-refractivity contribution is -0.117. The van der Waals surface area contributed by atoms with Crippen LogP contribution in [0.15, 0.2) is 57.9 Å². The number of aromatic nitrogens is 3. The molecule has 1 aliphatic heterocycles. The normalized spacial score (nSPS) is 14.7. The molecule has 5 rings (SSSR count). The van der Waals surface area contributed by atoms with Crippen molar-refractivity contribution in [2.75, 3.05) is 36.4 Å². The van der Waals surface area contributed by atoms with Crippen LogP contribution in [0.4, 0.5) is 16.2 Å². The molecule has 2 aromatic carbocycles. The summed E-state index contributed by atoms with van der Waals surface area (Å²) in [6.07, 6.45) is 0.969. The maximum Gasteiger partial charge on any atom is 0.410 e. The number of fused-ring (bicyclic) bond motifs is 1. The Hall–Kier alpha value is -5.20. The Balaban J connectivity index is 1.11. The van der Waals surface area contributed by atoms with Gasteiger partial charge in [-0.3, -0.25) is 9.59 Å². The highest BCUT2D eigenvalue weighted by Gasteiger charge is 2.26.